The molecule has 2 aromatic rings. The van der Waals surface area contributed by atoms with Gasteiger partial charge >= 0.3 is 12.1 Å². The number of rotatable bonds is 9. The molecule has 35 heavy (non-hydrogen) atoms. The summed E-state index contributed by atoms with van der Waals surface area (Å²) in [6.07, 6.45) is 3.70. The van der Waals surface area contributed by atoms with Crippen LogP contribution in [0, 0.1) is 11.3 Å². The highest BCUT2D eigenvalue weighted by atomic mass is 16.5. The summed E-state index contributed by atoms with van der Waals surface area (Å²) in [4.78, 5) is 36.5. The number of aliphatic carboxylic acids is 1. The molecule has 0 saturated heterocycles. The number of alkyl carbamates (subject to hydrolysis) is 1. The minimum absolute atomic E-state index is 0.00213. The second-order valence-electron chi connectivity index (χ2n) is 9.94. The smallest absolute Gasteiger partial charge is 0.407 e. The van der Waals surface area contributed by atoms with Crippen molar-refractivity contribution < 1.29 is 24.2 Å². The predicted molar refractivity (Wildman–Crippen MR) is 133 cm³/mol. The van der Waals surface area contributed by atoms with E-state index in [0.717, 1.165) is 30.4 Å². The fourth-order valence-corrected chi connectivity index (χ4v) is 5.33. The number of carbonyl (C=O) groups is 3. The number of amides is 2. The van der Waals surface area contributed by atoms with Gasteiger partial charge in [0, 0.05) is 25.4 Å². The van der Waals surface area contributed by atoms with Gasteiger partial charge < -0.3 is 20.5 Å². The van der Waals surface area contributed by atoms with Gasteiger partial charge in [-0.05, 0) is 41.0 Å². The van der Waals surface area contributed by atoms with Gasteiger partial charge in [-0.2, -0.15) is 0 Å². The van der Waals surface area contributed by atoms with Gasteiger partial charge in [0.1, 0.15) is 6.61 Å². The number of hydrogen-bond acceptors (Lipinski definition) is 4. The van der Waals surface area contributed by atoms with Gasteiger partial charge in [-0.1, -0.05) is 74.7 Å². The highest BCUT2D eigenvalue weighted by molar-refractivity contribution is 5.80. The quantitative estimate of drug-likeness (QED) is 0.484. The van der Waals surface area contributed by atoms with Gasteiger partial charge in [-0.15, -0.1) is 0 Å². The first kappa shape index (κ1) is 24.8. The van der Waals surface area contributed by atoms with Gasteiger partial charge in [0.05, 0.1) is 5.41 Å². The molecule has 1 saturated carbocycles. The number of fused-ring (bicyclic) bond motifs is 3. The van der Waals surface area contributed by atoms with E-state index < -0.39 is 17.5 Å². The third kappa shape index (κ3) is 5.66. The Hall–Kier alpha value is -3.35. The highest BCUT2D eigenvalue weighted by Crippen LogP contribution is 2.44. The molecular formula is C28H34N2O5. The number of carboxylic acids is 1. The highest BCUT2D eigenvalue weighted by Gasteiger charge is 2.39. The second-order valence-corrected chi connectivity index (χ2v) is 9.94. The molecule has 4 rings (SSSR count). The Labute approximate surface area is 206 Å². The van der Waals surface area contributed by atoms with Crippen LogP contribution >= 0.6 is 0 Å². The first-order valence-corrected chi connectivity index (χ1v) is 12.5. The molecule has 0 heterocycles. The van der Waals surface area contributed by atoms with Crippen LogP contribution in [0.4, 0.5) is 4.79 Å². The molecule has 2 aromatic carbocycles. The van der Waals surface area contributed by atoms with Crippen molar-refractivity contribution in [2.45, 2.75) is 51.4 Å². The van der Waals surface area contributed by atoms with Crippen molar-refractivity contribution in [3.05, 3.63) is 59.7 Å². The molecule has 186 valence electrons. The standard InChI is InChI=1S/C28H34N2O5/c1-19(15-25(31)30-18-28(26(32)33)13-7-2-8-14-28)16-29-27(34)35-17-24-22-11-5-3-9-20(22)21-10-4-6-12-23(21)24/h3-6,9-12,19,24H,2,7-8,13-18H2,1H3,(H,29,34)(H,30,31)(H,32,33). The zero-order valence-electron chi connectivity index (χ0n) is 20.2. The molecule has 0 bridgehead atoms. The van der Waals surface area contributed by atoms with Crippen LogP contribution in [0.15, 0.2) is 48.5 Å². The van der Waals surface area contributed by atoms with Crippen molar-refractivity contribution in [2.24, 2.45) is 11.3 Å². The van der Waals surface area contributed by atoms with Crippen LogP contribution in [-0.4, -0.2) is 42.8 Å². The largest absolute Gasteiger partial charge is 0.481 e. The SMILES string of the molecule is CC(CNC(=O)OCC1c2ccccc2-c2ccccc21)CC(=O)NCC1(C(=O)O)CCCCC1. The Bertz CT molecular complexity index is 1030. The number of hydrogen-bond donors (Lipinski definition) is 3. The lowest BCUT2D eigenvalue weighted by atomic mass is 9.74. The van der Waals surface area contributed by atoms with E-state index in [4.69, 9.17) is 4.74 Å². The van der Waals surface area contributed by atoms with Crippen molar-refractivity contribution >= 4 is 18.0 Å². The fourth-order valence-electron chi connectivity index (χ4n) is 5.33. The van der Waals surface area contributed by atoms with Crippen LogP contribution in [0.3, 0.4) is 0 Å². The van der Waals surface area contributed by atoms with Crippen LogP contribution in [0.5, 0.6) is 0 Å². The summed E-state index contributed by atoms with van der Waals surface area (Å²) in [7, 11) is 0. The summed E-state index contributed by atoms with van der Waals surface area (Å²) in [5.41, 5.74) is 3.81. The number of benzene rings is 2. The fraction of sp³-hybridized carbons (Fsp3) is 0.464. The molecule has 7 heteroatoms. The molecule has 2 aliphatic rings. The van der Waals surface area contributed by atoms with Crippen molar-refractivity contribution in [2.75, 3.05) is 19.7 Å². The molecule has 1 atom stereocenters. The van der Waals surface area contributed by atoms with Gasteiger partial charge in [-0.3, -0.25) is 9.59 Å². The zero-order chi connectivity index (χ0) is 24.8. The Morgan fingerprint density at radius 2 is 1.57 bits per heavy atom. The maximum Gasteiger partial charge on any atom is 0.407 e. The van der Waals surface area contributed by atoms with E-state index in [-0.39, 0.29) is 37.3 Å². The summed E-state index contributed by atoms with van der Waals surface area (Å²) < 4.78 is 5.55. The van der Waals surface area contributed by atoms with E-state index in [1.807, 2.05) is 31.2 Å². The third-order valence-electron chi connectivity index (χ3n) is 7.36. The number of carboxylic acid groups (broad SMARTS) is 1. The van der Waals surface area contributed by atoms with Crippen molar-refractivity contribution in [1.82, 2.24) is 10.6 Å². The number of ether oxygens (including phenoxy) is 1. The number of nitrogens with one attached hydrogen (secondary N) is 2. The molecule has 0 spiro atoms. The van der Waals surface area contributed by atoms with Gasteiger partial charge in [-0.25, -0.2) is 4.79 Å². The molecule has 3 N–H and O–H groups in total. The lowest BCUT2D eigenvalue weighted by molar-refractivity contribution is -0.151. The first-order chi connectivity index (χ1) is 16.9. The van der Waals surface area contributed by atoms with Crippen LogP contribution in [0.2, 0.25) is 0 Å². The molecule has 2 amide bonds. The Morgan fingerprint density at radius 3 is 2.17 bits per heavy atom. The number of carbonyl (C=O) groups excluding carboxylic acids is 2. The first-order valence-electron chi connectivity index (χ1n) is 12.5. The minimum Gasteiger partial charge on any atom is -0.481 e. The zero-order valence-corrected chi connectivity index (χ0v) is 20.2. The maximum absolute atomic E-state index is 12.4. The van der Waals surface area contributed by atoms with E-state index in [0.29, 0.717) is 19.4 Å². The average molecular weight is 479 g/mol. The van der Waals surface area contributed by atoms with Crippen LogP contribution in [0.25, 0.3) is 11.1 Å². The molecule has 0 aliphatic heterocycles. The molecule has 7 nitrogen and oxygen atoms in total. The summed E-state index contributed by atoms with van der Waals surface area (Å²) in [5.74, 6) is -1.14. The van der Waals surface area contributed by atoms with E-state index >= 15 is 0 Å². The van der Waals surface area contributed by atoms with E-state index in [1.54, 1.807) is 0 Å². The summed E-state index contributed by atoms with van der Waals surface area (Å²) in [6.45, 7) is 2.57. The monoisotopic (exact) mass is 478 g/mol. The van der Waals surface area contributed by atoms with E-state index in [9.17, 15) is 19.5 Å². The maximum atomic E-state index is 12.4. The summed E-state index contributed by atoms with van der Waals surface area (Å²) >= 11 is 0. The lowest BCUT2D eigenvalue weighted by Crippen LogP contribution is -2.44. The van der Waals surface area contributed by atoms with Gasteiger partial charge in [0.2, 0.25) is 5.91 Å². The van der Waals surface area contributed by atoms with Crippen molar-refractivity contribution in [3.63, 3.8) is 0 Å². The molecule has 0 aromatic heterocycles. The molecule has 2 aliphatic carbocycles. The Morgan fingerprint density at radius 1 is 0.971 bits per heavy atom. The molecule has 0 radical (unpaired) electrons. The van der Waals surface area contributed by atoms with Crippen molar-refractivity contribution in [1.29, 1.82) is 0 Å². The van der Waals surface area contributed by atoms with Crippen LogP contribution in [0.1, 0.15) is 62.5 Å². The predicted octanol–water partition coefficient (Wildman–Crippen LogP) is 4.70. The van der Waals surface area contributed by atoms with E-state index in [2.05, 4.69) is 34.9 Å². The topological polar surface area (TPSA) is 105 Å². The van der Waals surface area contributed by atoms with E-state index in [1.165, 1.54) is 11.1 Å². The molecule has 1 fully saturated rings. The van der Waals surface area contributed by atoms with Crippen LogP contribution < -0.4 is 10.6 Å². The second kappa shape index (κ2) is 10.9. The summed E-state index contributed by atoms with van der Waals surface area (Å²) in [6, 6.07) is 16.3. The summed E-state index contributed by atoms with van der Waals surface area (Å²) in [5, 5.41) is 15.2. The Kier molecular flexibility index (Phi) is 7.73. The van der Waals surface area contributed by atoms with Gasteiger partial charge in [0.15, 0.2) is 0 Å². The lowest BCUT2D eigenvalue weighted by Gasteiger charge is -2.33. The van der Waals surface area contributed by atoms with Crippen molar-refractivity contribution in [3.8, 4) is 11.1 Å². The van der Waals surface area contributed by atoms with Gasteiger partial charge in [0.25, 0.3) is 0 Å². The van der Waals surface area contributed by atoms with Crippen LogP contribution in [-0.2, 0) is 14.3 Å². The Balaban J connectivity index is 1.21. The third-order valence-corrected chi connectivity index (χ3v) is 7.36. The minimum atomic E-state index is -0.851. The molecular weight excluding hydrogens is 444 g/mol. The molecule has 1 unspecified atom stereocenters. The average Bonchev–Trinajstić information content (AvgIpc) is 3.19. The normalized spacial score (nSPS) is 17.1.